The van der Waals surface area contributed by atoms with Crippen molar-refractivity contribution >= 4 is 38.8 Å². The van der Waals surface area contributed by atoms with Crippen LogP contribution in [0.3, 0.4) is 0 Å². The molecule has 3 aromatic carbocycles. The maximum absolute atomic E-state index is 13.3. The number of hydrogen-bond donors (Lipinski definition) is 2. The Morgan fingerprint density at radius 2 is 1.77 bits per heavy atom. The molecule has 1 amide bonds. The number of ether oxygens (including phenoxy) is 1. The van der Waals surface area contributed by atoms with Gasteiger partial charge in [-0.1, -0.05) is 35.9 Å². The molecule has 1 aromatic heterocycles. The maximum atomic E-state index is 13.3. The molecule has 10 heteroatoms. The van der Waals surface area contributed by atoms with Gasteiger partial charge in [-0.05, 0) is 67.5 Å². The molecule has 0 saturated heterocycles. The van der Waals surface area contributed by atoms with Crippen LogP contribution in [0.25, 0.3) is 5.69 Å². The van der Waals surface area contributed by atoms with Gasteiger partial charge in [0.25, 0.3) is 0 Å². The Kier molecular flexibility index (Phi) is 7.38. The molecule has 0 spiro atoms. The average Bonchev–Trinajstić information content (AvgIpc) is 3.22. The van der Waals surface area contributed by atoms with Gasteiger partial charge in [0.1, 0.15) is 17.6 Å². The molecule has 1 atom stereocenters. The number of aliphatic imine (C=N–C) groups is 1. The van der Waals surface area contributed by atoms with E-state index in [-0.39, 0.29) is 12.3 Å². The van der Waals surface area contributed by atoms with Crippen LogP contribution in [0.5, 0.6) is 5.75 Å². The highest BCUT2D eigenvalue weighted by Gasteiger charge is 2.30. The fraction of sp³-hybridized carbons (Fsp3) is 0.241. The maximum Gasteiger partial charge on any atom is 0.227 e. The monoisotopic (exact) mass is 563 g/mol. The van der Waals surface area contributed by atoms with Crippen LogP contribution in [-0.4, -0.2) is 50.2 Å². The summed E-state index contributed by atoms with van der Waals surface area (Å²) < 4.78 is 19.6. The van der Waals surface area contributed by atoms with Gasteiger partial charge in [-0.25, -0.2) is 0 Å². The van der Waals surface area contributed by atoms with Gasteiger partial charge in [0, 0.05) is 27.6 Å². The van der Waals surface area contributed by atoms with E-state index in [4.69, 9.17) is 21.3 Å². The highest BCUT2D eigenvalue weighted by Crippen LogP contribution is 2.34. The van der Waals surface area contributed by atoms with Crippen molar-refractivity contribution in [3.8, 4) is 11.4 Å². The number of carbonyl (C=O) groups excluding carboxylic acids is 1. The minimum Gasteiger partial charge on any atom is -0.497 e. The van der Waals surface area contributed by atoms with Gasteiger partial charge in [-0.15, -0.1) is 20.1 Å². The summed E-state index contributed by atoms with van der Waals surface area (Å²) in [7, 11) is -0.564. The normalized spacial score (nSPS) is 15.0. The molecule has 0 unspecified atom stereocenters. The minimum absolute atomic E-state index is 0.0568. The number of halogens is 1. The van der Waals surface area contributed by atoms with Crippen molar-refractivity contribution < 1.29 is 13.7 Å². The second-order valence-corrected chi connectivity index (χ2v) is 13.9. The van der Waals surface area contributed by atoms with Gasteiger partial charge in [0.05, 0.1) is 24.9 Å². The number of nitrogens with one attached hydrogen (secondary N) is 1. The lowest BCUT2D eigenvalue weighted by atomic mass is 10.00. The predicted octanol–water partition coefficient (Wildman–Crippen LogP) is 4.93. The van der Waals surface area contributed by atoms with Crippen molar-refractivity contribution in [2.24, 2.45) is 4.99 Å². The summed E-state index contributed by atoms with van der Waals surface area (Å²) in [6.07, 6.45) is 3.59. The topological polar surface area (TPSA) is 98.5 Å². The third-order valence-electron chi connectivity index (χ3n) is 6.43. The number of aryl methyl sites for hydroxylation is 1. The largest absolute Gasteiger partial charge is 0.497 e. The van der Waals surface area contributed by atoms with Crippen molar-refractivity contribution in [1.29, 1.82) is 0 Å². The van der Waals surface area contributed by atoms with E-state index >= 15 is 0 Å². The molecule has 39 heavy (non-hydrogen) atoms. The second kappa shape index (κ2) is 10.7. The first kappa shape index (κ1) is 26.8. The van der Waals surface area contributed by atoms with Gasteiger partial charge in [0.15, 0.2) is 5.82 Å². The molecular weight excluding hydrogens is 534 g/mol. The standard InChI is InChI=1S/C29H30ClN5O3S/c1-18-33-34-29-25(16-27(36)31-22-11-5-19(6-12-22)17-39(3,4)37)32-28(20-7-9-21(30)10-8-20)24-15-23(38-2)13-14-26(24)35(18)29/h5-15,25,39H,16-17H2,1-4H3,(H,31,36)/t25-/m0/s1. The van der Waals surface area contributed by atoms with Crippen LogP contribution < -0.4 is 10.1 Å². The Balaban J connectivity index is 1.51. The summed E-state index contributed by atoms with van der Waals surface area (Å²) in [6, 6.07) is 20.1. The molecule has 0 radical (unpaired) electrons. The van der Waals surface area contributed by atoms with Crippen LogP contribution in [0.1, 0.15) is 40.8 Å². The van der Waals surface area contributed by atoms with E-state index in [1.807, 2.05) is 78.2 Å². The summed E-state index contributed by atoms with van der Waals surface area (Å²) >= 11 is 6.17. The number of fused-ring (bicyclic) bond motifs is 3. The van der Waals surface area contributed by atoms with Gasteiger partial charge in [-0.2, -0.15) is 0 Å². The van der Waals surface area contributed by atoms with E-state index in [9.17, 15) is 9.00 Å². The zero-order valence-electron chi connectivity index (χ0n) is 22.2. The summed E-state index contributed by atoms with van der Waals surface area (Å²) in [5.74, 6) is 2.26. The highest BCUT2D eigenvalue weighted by atomic mass is 35.5. The van der Waals surface area contributed by atoms with Crippen LogP contribution in [0.2, 0.25) is 5.02 Å². The highest BCUT2D eigenvalue weighted by molar-refractivity contribution is 8.00. The minimum atomic E-state index is -2.18. The number of aromatic nitrogens is 3. The molecule has 0 bridgehead atoms. The van der Waals surface area contributed by atoms with Crippen molar-refractivity contribution in [3.63, 3.8) is 0 Å². The summed E-state index contributed by atoms with van der Waals surface area (Å²) in [4.78, 5) is 18.4. The predicted molar refractivity (Wildman–Crippen MR) is 157 cm³/mol. The van der Waals surface area contributed by atoms with Crippen LogP contribution in [0, 0.1) is 6.92 Å². The van der Waals surface area contributed by atoms with E-state index in [2.05, 4.69) is 15.5 Å². The van der Waals surface area contributed by atoms with Crippen molar-refractivity contribution in [3.05, 3.63) is 100 Å². The molecule has 1 N–H and O–H groups in total. The lowest BCUT2D eigenvalue weighted by Crippen LogP contribution is -2.17. The van der Waals surface area contributed by atoms with E-state index in [1.54, 1.807) is 19.6 Å². The average molecular weight is 564 g/mol. The molecule has 202 valence electrons. The van der Waals surface area contributed by atoms with Crippen molar-refractivity contribution in [2.45, 2.75) is 25.1 Å². The summed E-state index contributed by atoms with van der Waals surface area (Å²) in [6.45, 7) is 1.88. The number of methoxy groups -OCH3 is 1. The zero-order chi connectivity index (χ0) is 27.7. The molecule has 5 rings (SSSR count). The zero-order valence-corrected chi connectivity index (χ0v) is 23.8. The van der Waals surface area contributed by atoms with E-state index in [1.165, 1.54) is 0 Å². The smallest absolute Gasteiger partial charge is 0.227 e. The first-order chi connectivity index (χ1) is 18.6. The first-order valence-electron chi connectivity index (χ1n) is 12.5. The van der Waals surface area contributed by atoms with Crippen LogP contribution in [0.4, 0.5) is 5.69 Å². The second-order valence-electron chi connectivity index (χ2n) is 10.0. The number of thiol groups is 1. The Morgan fingerprint density at radius 1 is 1.05 bits per heavy atom. The van der Waals surface area contributed by atoms with E-state index in [0.29, 0.717) is 39.6 Å². The fourth-order valence-electron chi connectivity index (χ4n) is 4.70. The van der Waals surface area contributed by atoms with Crippen LogP contribution >= 0.6 is 11.6 Å². The third-order valence-corrected chi connectivity index (χ3v) is 7.81. The molecular formula is C29H30ClN5O3S. The summed E-state index contributed by atoms with van der Waals surface area (Å²) in [5.41, 5.74) is 4.88. The number of amides is 1. The van der Waals surface area contributed by atoms with Crippen LogP contribution in [-0.2, 0) is 20.5 Å². The van der Waals surface area contributed by atoms with Crippen molar-refractivity contribution in [1.82, 2.24) is 14.8 Å². The number of benzene rings is 3. The van der Waals surface area contributed by atoms with E-state index in [0.717, 1.165) is 22.4 Å². The first-order valence-corrected chi connectivity index (χ1v) is 15.6. The number of carbonyl (C=O) groups is 1. The lowest BCUT2D eigenvalue weighted by Gasteiger charge is -2.14. The fourth-order valence-corrected chi connectivity index (χ4v) is 5.91. The van der Waals surface area contributed by atoms with Gasteiger partial charge in [-0.3, -0.25) is 18.6 Å². The molecule has 8 nitrogen and oxygen atoms in total. The lowest BCUT2D eigenvalue weighted by molar-refractivity contribution is -0.116. The molecule has 0 fully saturated rings. The summed E-state index contributed by atoms with van der Waals surface area (Å²) in [5, 5.41) is 12.3. The van der Waals surface area contributed by atoms with Crippen molar-refractivity contribution in [2.75, 3.05) is 24.9 Å². The number of hydrogen-bond acceptors (Lipinski definition) is 6. The Labute approximate surface area is 233 Å². The third kappa shape index (κ3) is 5.94. The number of anilines is 1. The Bertz CT molecular complexity index is 1610. The number of nitrogens with zero attached hydrogens (tertiary/aromatic N) is 4. The quantitative estimate of drug-likeness (QED) is 0.311. The van der Waals surface area contributed by atoms with Gasteiger partial charge >= 0.3 is 0 Å². The molecule has 1 aliphatic rings. The Hall–Kier alpha value is -3.82. The number of rotatable bonds is 7. The molecule has 2 heterocycles. The Morgan fingerprint density at radius 3 is 2.44 bits per heavy atom. The van der Waals surface area contributed by atoms with Gasteiger partial charge in [0.2, 0.25) is 5.91 Å². The molecule has 0 aliphatic carbocycles. The molecule has 1 aliphatic heterocycles. The SMILES string of the molecule is COc1ccc2c(c1)C(c1ccc(Cl)cc1)=N[C@@H](CC(=O)Nc1ccc(C[SH](C)(C)=O)cc1)c1nnc(C)n1-2. The van der Waals surface area contributed by atoms with Gasteiger partial charge < -0.3 is 10.1 Å². The molecule has 4 aromatic rings. The van der Waals surface area contributed by atoms with Crippen LogP contribution in [0.15, 0.2) is 71.7 Å². The van der Waals surface area contributed by atoms with E-state index < -0.39 is 16.0 Å². The molecule has 0 saturated carbocycles.